The van der Waals surface area contributed by atoms with Crippen LogP contribution in [0.1, 0.15) is 108 Å². The van der Waals surface area contributed by atoms with Crippen molar-refractivity contribution in [1.29, 1.82) is 0 Å². The highest BCUT2D eigenvalue weighted by molar-refractivity contribution is 5.88. The van der Waals surface area contributed by atoms with Crippen LogP contribution in [-0.4, -0.2) is 99.6 Å². The van der Waals surface area contributed by atoms with Crippen molar-refractivity contribution in [2.45, 2.75) is 92.4 Å². The first-order valence-electron chi connectivity index (χ1n) is 20.8. The Bertz CT molecular complexity index is 1580. The minimum absolute atomic E-state index is 0.0178. The third-order valence-corrected chi connectivity index (χ3v) is 16.7. The number of allylic oxidation sites excluding steroid dienone is 2. The fraction of sp³-hybridized carbons (Fsp3) is 0.739. The average molecular weight is 729 g/mol. The summed E-state index contributed by atoms with van der Waals surface area (Å²) in [6.07, 6.45) is 12.6. The second kappa shape index (κ2) is 14.5. The number of nitrogens with one attached hydrogen (secondary N) is 1. The number of hydrogen-bond acceptors (Lipinski definition) is 5. The Hall–Kier alpha value is -2.48. The van der Waals surface area contributed by atoms with E-state index in [0.717, 1.165) is 58.3 Å². The molecule has 6 rings (SSSR count). The number of rotatable bonds is 12. The van der Waals surface area contributed by atoms with Gasteiger partial charge < -0.3 is 25.1 Å². The second-order valence-electron chi connectivity index (χ2n) is 20.2. The minimum Gasteiger partial charge on any atom is -0.478 e. The van der Waals surface area contributed by atoms with E-state index in [0.29, 0.717) is 47.6 Å². The van der Waals surface area contributed by atoms with Crippen LogP contribution in [-0.2, 0) is 4.79 Å². The minimum atomic E-state index is -0.873. The van der Waals surface area contributed by atoms with Crippen molar-refractivity contribution in [3.05, 3.63) is 53.6 Å². The van der Waals surface area contributed by atoms with E-state index >= 15 is 0 Å². The molecule has 294 valence electrons. The first kappa shape index (κ1) is 40.2. The molecule has 4 fully saturated rings. The van der Waals surface area contributed by atoms with E-state index in [1.807, 2.05) is 12.1 Å². The van der Waals surface area contributed by atoms with Crippen molar-refractivity contribution in [2.24, 2.45) is 56.7 Å². The van der Waals surface area contributed by atoms with Gasteiger partial charge in [-0.15, -0.1) is 0 Å². The molecule has 9 atom stereocenters. The van der Waals surface area contributed by atoms with Gasteiger partial charge >= 0.3 is 5.97 Å². The van der Waals surface area contributed by atoms with Crippen LogP contribution in [0, 0.1) is 56.7 Å². The maximum absolute atomic E-state index is 14.6. The normalized spacial score (nSPS) is 37.4. The lowest BCUT2D eigenvalue weighted by atomic mass is 9.32. The fourth-order valence-corrected chi connectivity index (χ4v) is 13.8. The SMILES string of the molecule is C=C(CN(C)CCN(C)C)[C@@H]1CC[C@]2(C(=O)NCCN(C)C)CC[C@]3(C)[C@H](CC[C@@H]4[C@@]5(C)CC=C(c6ccc(C(=O)O)cc6)C(C)(C)[C@@H]5CC[C@]43C)C12. The quantitative estimate of drug-likeness (QED) is 0.212. The molecule has 1 amide bonds. The molecule has 0 spiro atoms. The van der Waals surface area contributed by atoms with Gasteiger partial charge in [0.15, 0.2) is 0 Å². The summed E-state index contributed by atoms with van der Waals surface area (Å²) in [5, 5.41) is 13.0. The van der Waals surface area contributed by atoms with Gasteiger partial charge in [0, 0.05) is 32.7 Å². The monoisotopic (exact) mass is 729 g/mol. The molecular formula is C46H72N4O3. The van der Waals surface area contributed by atoms with Gasteiger partial charge in [-0.25, -0.2) is 4.79 Å². The summed E-state index contributed by atoms with van der Waals surface area (Å²) in [5.74, 6) is 1.82. The Labute approximate surface area is 322 Å². The number of amides is 1. The lowest BCUT2D eigenvalue weighted by molar-refractivity contribution is -0.225. The van der Waals surface area contributed by atoms with Gasteiger partial charge in [-0.3, -0.25) is 4.79 Å². The largest absolute Gasteiger partial charge is 0.478 e. The van der Waals surface area contributed by atoms with Gasteiger partial charge in [0.25, 0.3) is 0 Å². The van der Waals surface area contributed by atoms with Crippen molar-refractivity contribution < 1.29 is 14.7 Å². The lowest BCUT2D eigenvalue weighted by Gasteiger charge is -2.72. The van der Waals surface area contributed by atoms with Crippen molar-refractivity contribution in [1.82, 2.24) is 20.0 Å². The molecule has 4 saturated carbocycles. The maximum Gasteiger partial charge on any atom is 0.335 e. The molecule has 1 unspecified atom stereocenters. The Kier molecular flexibility index (Phi) is 11.0. The zero-order valence-corrected chi connectivity index (χ0v) is 35.0. The van der Waals surface area contributed by atoms with Crippen LogP contribution >= 0.6 is 0 Å². The van der Waals surface area contributed by atoms with Gasteiger partial charge in [0.1, 0.15) is 0 Å². The first-order chi connectivity index (χ1) is 24.8. The van der Waals surface area contributed by atoms with Crippen LogP contribution in [0.15, 0.2) is 42.5 Å². The molecule has 0 aliphatic heterocycles. The molecule has 0 heterocycles. The Morgan fingerprint density at radius 2 is 1.49 bits per heavy atom. The average Bonchev–Trinajstić information content (AvgIpc) is 3.48. The van der Waals surface area contributed by atoms with Crippen molar-refractivity contribution >= 4 is 17.4 Å². The zero-order valence-electron chi connectivity index (χ0n) is 35.0. The Morgan fingerprint density at radius 1 is 0.811 bits per heavy atom. The molecule has 1 aromatic carbocycles. The molecule has 5 aliphatic carbocycles. The molecule has 1 aromatic rings. The van der Waals surface area contributed by atoms with E-state index in [2.05, 4.69) is 95.9 Å². The summed E-state index contributed by atoms with van der Waals surface area (Å²) < 4.78 is 0. The Morgan fingerprint density at radius 3 is 2.13 bits per heavy atom. The van der Waals surface area contributed by atoms with Crippen molar-refractivity contribution in [2.75, 3.05) is 68.0 Å². The van der Waals surface area contributed by atoms with Crippen molar-refractivity contribution in [3.63, 3.8) is 0 Å². The van der Waals surface area contributed by atoms with Crippen LogP contribution in [0.5, 0.6) is 0 Å². The van der Waals surface area contributed by atoms with Gasteiger partial charge in [0.2, 0.25) is 5.91 Å². The number of carbonyl (C=O) groups is 2. The molecule has 2 N–H and O–H groups in total. The maximum atomic E-state index is 14.6. The van der Waals surface area contributed by atoms with E-state index in [-0.39, 0.29) is 27.1 Å². The molecule has 0 bridgehead atoms. The summed E-state index contributed by atoms with van der Waals surface area (Å²) in [5.41, 5.74) is 4.43. The second-order valence-corrected chi connectivity index (χ2v) is 20.2. The number of fused-ring (bicyclic) bond motifs is 7. The highest BCUT2D eigenvalue weighted by Crippen LogP contribution is 2.77. The number of carboxylic acid groups (broad SMARTS) is 1. The van der Waals surface area contributed by atoms with Crippen LogP contribution in [0.25, 0.3) is 5.57 Å². The summed E-state index contributed by atoms with van der Waals surface area (Å²) in [6, 6.07) is 7.58. The summed E-state index contributed by atoms with van der Waals surface area (Å²) in [6.45, 7) is 22.2. The van der Waals surface area contributed by atoms with Gasteiger partial charge in [-0.2, -0.15) is 0 Å². The Balaban J connectivity index is 1.32. The van der Waals surface area contributed by atoms with E-state index < -0.39 is 5.97 Å². The van der Waals surface area contributed by atoms with E-state index in [4.69, 9.17) is 6.58 Å². The standard InChI is InChI=1S/C46H72N4O3/c1-31(30-50(11)29-28-49(9)10)34-18-23-46(41(53)47-26-27-48(7)8)25-24-44(5)36(39(34)46)16-17-38-43(4)21-19-35(32-12-14-33(15-13-32)40(51)52)42(2,3)37(43)20-22-45(38,44)6/h12-15,19,34,36-39H,1,16-18,20-30H2,2-11H3,(H,47,53)(H,51,52)/t34-,36+,37-,38+,39?,43-,44+,45+,46-/m0/s1. The molecular weight excluding hydrogens is 657 g/mol. The highest BCUT2D eigenvalue weighted by Gasteiger charge is 2.71. The molecule has 7 heteroatoms. The first-order valence-corrected chi connectivity index (χ1v) is 20.8. The number of likely N-dealkylation sites (N-methyl/N-ethyl adjacent to an activating group) is 3. The summed E-state index contributed by atoms with van der Waals surface area (Å²) in [4.78, 5) is 33.1. The van der Waals surface area contributed by atoms with E-state index in [1.165, 1.54) is 42.4 Å². The third-order valence-electron chi connectivity index (χ3n) is 16.7. The smallest absolute Gasteiger partial charge is 0.335 e. The van der Waals surface area contributed by atoms with Crippen LogP contribution in [0.3, 0.4) is 0 Å². The van der Waals surface area contributed by atoms with E-state index in [1.54, 1.807) is 12.1 Å². The number of carbonyl (C=O) groups excluding carboxylic acids is 1. The molecule has 0 saturated heterocycles. The topological polar surface area (TPSA) is 76.1 Å². The number of aromatic carboxylic acids is 1. The van der Waals surface area contributed by atoms with Crippen LogP contribution in [0.2, 0.25) is 0 Å². The van der Waals surface area contributed by atoms with Crippen LogP contribution < -0.4 is 5.32 Å². The molecule has 0 radical (unpaired) electrons. The predicted octanol–water partition coefficient (Wildman–Crippen LogP) is 8.19. The predicted molar refractivity (Wildman–Crippen MR) is 218 cm³/mol. The number of benzene rings is 1. The molecule has 7 nitrogen and oxygen atoms in total. The number of nitrogens with zero attached hydrogens (tertiary/aromatic N) is 3. The molecule has 0 aromatic heterocycles. The number of carboxylic acids is 1. The van der Waals surface area contributed by atoms with Gasteiger partial charge in [-0.05, 0) is 168 Å². The third kappa shape index (κ3) is 6.67. The summed E-state index contributed by atoms with van der Waals surface area (Å²) >= 11 is 0. The fourth-order valence-electron chi connectivity index (χ4n) is 13.8. The summed E-state index contributed by atoms with van der Waals surface area (Å²) in [7, 11) is 10.7. The van der Waals surface area contributed by atoms with Crippen molar-refractivity contribution in [3.8, 4) is 0 Å². The molecule has 53 heavy (non-hydrogen) atoms. The van der Waals surface area contributed by atoms with E-state index in [9.17, 15) is 14.7 Å². The van der Waals surface area contributed by atoms with Gasteiger partial charge in [-0.1, -0.05) is 65.0 Å². The van der Waals surface area contributed by atoms with Crippen LogP contribution in [0.4, 0.5) is 0 Å². The van der Waals surface area contributed by atoms with Gasteiger partial charge in [0.05, 0.1) is 11.0 Å². The number of hydrogen-bond donors (Lipinski definition) is 2. The lowest BCUT2D eigenvalue weighted by Crippen LogP contribution is -2.66. The highest BCUT2D eigenvalue weighted by atomic mass is 16.4. The zero-order chi connectivity index (χ0) is 38.7. The molecule has 5 aliphatic rings.